The molecule has 0 aromatic heterocycles. The van der Waals surface area contributed by atoms with Crippen molar-refractivity contribution in [1.29, 1.82) is 0 Å². The van der Waals surface area contributed by atoms with Crippen LogP contribution < -0.4 is 11.1 Å². The number of carbonyl (C=O) groups excluding carboxylic acids is 2. The summed E-state index contributed by atoms with van der Waals surface area (Å²) in [7, 11) is 1.65. The molecule has 8 heteroatoms. The number of nitrogens with two attached hydrogens (primary N) is 1. The van der Waals surface area contributed by atoms with E-state index in [9.17, 15) is 24.9 Å². The molecule has 4 saturated carbocycles. The number of Topliss-reactive ketones (excluding diaryl/α,β-unsaturated/α-hetero) is 2. The van der Waals surface area contributed by atoms with E-state index in [0.29, 0.717) is 43.4 Å². The van der Waals surface area contributed by atoms with E-state index < -0.39 is 18.1 Å². The minimum absolute atomic E-state index is 0.00498. The molecule has 0 spiro atoms. The summed E-state index contributed by atoms with van der Waals surface area (Å²) in [5.41, 5.74) is 6.39. The molecule has 13 atom stereocenters. The van der Waals surface area contributed by atoms with Crippen molar-refractivity contribution < 1.29 is 29.6 Å². The maximum absolute atomic E-state index is 14.5. The van der Waals surface area contributed by atoms with E-state index in [1.54, 1.807) is 7.11 Å². The first-order valence-electron chi connectivity index (χ1n) is 21.8. The molecule has 294 valence electrons. The lowest BCUT2D eigenvalue weighted by Crippen LogP contribution is -2.45. The number of rotatable bonds is 9. The average molecular weight is 725 g/mol. The summed E-state index contributed by atoms with van der Waals surface area (Å²) in [6, 6.07) is 0. The number of piperidine rings is 1. The molecule has 5 aliphatic carbocycles. The Hall–Kier alpha value is -1.34. The number of ketones is 2. The van der Waals surface area contributed by atoms with Crippen LogP contribution in [-0.2, 0) is 14.3 Å². The maximum Gasteiger partial charge on any atom is 0.173 e. The fourth-order valence-corrected chi connectivity index (χ4v) is 12.2. The van der Waals surface area contributed by atoms with Crippen molar-refractivity contribution >= 4 is 11.6 Å². The van der Waals surface area contributed by atoms with Crippen LogP contribution in [0.2, 0.25) is 0 Å². The zero-order valence-corrected chi connectivity index (χ0v) is 32.3. The van der Waals surface area contributed by atoms with Gasteiger partial charge >= 0.3 is 0 Å². The van der Waals surface area contributed by atoms with Gasteiger partial charge < -0.3 is 31.1 Å². The molecule has 0 amide bonds. The maximum atomic E-state index is 14.5. The summed E-state index contributed by atoms with van der Waals surface area (Å²) in [4.78, 5) is 28.2. The Morgan fingerprint density at radius 3 is 2.29 bits per heavy atom. The first-order chi connectivity index (χ1) is 25.2. The lowest BCUT2D eigenvalue weighted by molar-refractivity contribution is -0.142. The topological polar surface area (TPSA) is 142 Å². The molecule has 8 nitrogen and oxygen atoms in total. The lowest BCUT2D eigenvalue weighted by Gasteiger charge is -2.44. The number of ether oxygens (including phenoxy) is 1. The van der Waals surface area contributed by atoms with Gasteiger partial charge in [0.1, 0.15) is 0 Å². The van der Waals surface area contributed by atoms with Gasteiger partial charge in [0.05, 0.1) is 18.4 Å². The lowest BCUT2D eigenvalue weighted by atomic mass is 9.63. The van der Waals surface area contributed by atoms with Gasteiger partial charge in [-0.05, 0) is 131 Å². The van der Waals surface area contributed by atoms with E-state index >= 15 is 0 Å². The first kappa shape index (κ1) is 40.3. The molecule has 1 aliphatic heterocycles. The summed E-state index contributed by atoms with van der Waals surface area (Å²) in [5, 5.41) is 37.1. The Labute approximate surface area is 314 Å². The number of aliphatic hydroxyl groups excluding tert-OH is 3. The molecule has 5 fully saturated rings. The van der Waals surface area contributed by atoms with E-state index in [2.05, 4.69) is 17.2 Å². The van der Waals surface area contributed by atoms with Crippen molar-refractivity contribution in [3.8, 4) is 11.8 Å². The van der Waals surface area contributed by atoms with Crippen LogP contribution in [-0.4, -0.2) is 71.6 Å². The molecule has 6 N–H and O–H groups in total. The van der Waals surface area contributed by atoms with Crippen LogP contribution in [0.1, 0.15) is 141 Å². The summed E-state index contributed by atoms with van der Waals surface area (Å²) >= 11 is 0. The first-order valence-corrected chi connectivity index (χ1v) is 21.8. The highest BCUT2D eigenvalue weighted by Crippen LogP contribution is 2.47. The third-order valence-electron chi connectivity index (χ3n) is 15.2. The standard InChI is InChI=1S/C44H72N2O6/c1-52-41-25-33-15-17-39(48)44(51)43(50)38-24-35(34(27-47)13-12-28-8-4-2-5-9-28)22-30(20-29-18-19-46-42(45)23-29)21-32(38)14-16-36(37(33)26-40(41)49)31-10-6-3-7-11-31/h28-38,40-42,44,46-47,49,51H,2-13,15,17-27,45H2,1H3/t29?,30-,32-,33?,34-,35+,36+,37?,38-,40?,41?,42?,44-/m0/s1. The normalized spacial score (nSPS) is 40.9. The quantitative estimate of drug-likeness (QED) is 0.140. The van der Waals surface area contributed by atoms with Crippen LogP contribution >= 0.6 is 0 Å². The summed E-state index contributed by atoms with van der Waals surface area (Å²) in [6.45, 7) is 1.03. The predicted octanol–water partition coefficient (Wildman–Crippen LogP) is 6.17. The van der Waals surface area contributed by atoms with Crippen molar-refractivity contribution in [2.75, 3.05) is 20.3 Å². The highest BCUT2D eigenvalue weighted by molar-refractivity contribution is 6.06. The van der Waals surface area contributed by atoms with Gasteiger partial charge in [-0.1, -0.05) is 69.6 Å². The van der Waals surface area contributed by atoms with Crippen LogP contribution in [0.4, 0.5) is 0 Å². The largest absolute Gasteiger partial charge is 0.396 e. The van der Waals surface area contributed by atoms with Crippen molar-refractivity contribution in [2.45, 2.75) is 166 Å². The van der Waals surface area contributed by atoms with Crippen LogP contribution in [0.25, 0.3) is 0 Å². The van der Waals surface area contributed by atoms with Gasteiger partial charge in [-0.2, -0.15) is 0 Å². The molecule has 0 aromatic carbocycles. The van der Waals surface area contributed by atoms with Crippen LogP contribution in [0.3, 0.4) is 0 Å². The van der Waals surface area contributed by atoms with E-state index in [0.717, 1.165) is 70.3 Å². The fraction of sp³-hybridized carbons (Fsp3) is 0.909. The SMILES string of the molecule is COC1CC2CCC(=O)[C@H](O)C(=O)[C@H]3C[C@H]([C@H](CO)CCC4CCCCC4)C[C@@H](CC4CCNC(N)C4)C[C@@H]3C#C[C@H](C3CCCCC3)C2CC1O. The van der Waals surface area contributed by atoms with E-state index in [1.807, 2.05) is 0 Å². The molecular weight excluding hydrogens is 652 g/mol. The number of carbonyl (C=O) groups is 2. The summed E-state index contributed by atoms with van der Waals surface area (Å²) < 4.78 is 5.72. The van der Waals surface area contributed by atoms with E-state index in [4.69, 9.17) is 10.5 Å². The molecule has 52 heavy (non-hydrogen) atoms. The van der Waals surface area contributed by atoms with Gasteiger partial charge in [0.15, 0.2) is 17.7 Å². The number of aliphatic hydroxyl groups is 3. The Bertz CT molecular complexity index is 1200. The fourth-order valence-electron chi connectivity index (χ4n) is 12.2. The summed E-state index contributed by atoms with van der Waals surface area (Å²) in [6.07, 6.45) is 19.4. The van der Waals surface area contributed by atoms with Crippen molar-refractivity contribution in [2.24, 2.45) is 70.8 Å². The van der Waals surface area contributed by atoms with E-state index in [1.165, 1.54) is 51.4 Å². The second kappa shape index (κ2) is 19.5. The van der Waals surface area contributed by atoms with Crippen LogP contribution in [0.5, 0.6) is 0 Å². The molecule has 1 saturated heterocycles. The monoisotopic (exact) mass is 725 g/mol. The van der Waals surface area contributed by atoms with Gasteiger partial charge in [-0.15, -0.1) is 0 Å². The molecule has 1 heterocycles. The molecular formula is C44H72N2O6. The number of fused-ring (bicyclic) bond motifs is 2. The van der Waals surface area contributed by atoms with Crippen LogP contribution in [0, 0.1) is 76.9 Å². The second-order valence-electron chi connectivity index (χ2n) is 18.5. The zero-order chi connectivity index (χ0) is 36.6. The molecule has 6 rings (SSSR count). The Morgan fingerprint density at radius 1 is 0.827 bits per heavy atom. The molecule has 0 aromatic rings. The smallest absolute Gasteiger partial charge is 0.173 e. The highest BCUT2D eigenvalue weighted by Gasteiger charge is 2.46. The number of nitrogens with one attached hydrogen (secondary N) is 1. The Kier molecular flexibility index (Phi) is 15.1. The van der Waals surface area contributed by atoms with Gasteiger partial charge in [0.2, 0.25) is 0 Å². The zero-order valence-electron chi connectivity index (χ0n) is 32.3. The average Bonchev–Trinajstić information content (AvgIpc) is 3.33. The molecule has 0 radical (unpaired) electrons. The van der Waals surface area contributed by atoms with Crippen molar-refractivity contribution in [3.05, 3.63) is 0 Å². The predicted molar refractivity (Wildman–Crippen MR) is 204 cm³/mol. The van der Waals surface area contributed by atoms with Crippen molar-refractivity contribution in [3.63, 3.8) is 0 Å². The molecule has 6 unspecified atom stereocenters. The minimum Gasteiger partial charge on any atom is -0.396 e. The summed E-state index contributed by atoms with van der Waals surface area (Å²) in [5.74, 6) is 8.84. The number of hydrogen-bond acceptors (Lipinski definition) is 8. The molecule has 6 aliphatic rings. The number of methoxy groups -OCH3 is 1. The third kappa shape index (κ3) is 10.3. The molecule has 0 bridgehead atoms. The second-order valence-corrected chi connectivity index (χ2v) is 18.5. The van der Waals surface area contributed by atoms with Gasteiger partial charge in [0, 0.05) is 37.9 Å². The number of hydrogen-bond donors (Lipinski definition) is 5. The highest BCUT2D eigenvalue weighted by atomic mass is 16.5. The van der Waals surface area contributed by atoms with Gasteiger partial charge in [-0.3, -0.25) is 9.59 Å². The van der Waals surface area contributed by atoms with Crippen molar-refractivity contribution in [1.82, 2.24) is 5.32 Å². The Morgan fingerprint density at radius 2 is 1.58 bits per heavy atom. The van der Waals surface area contributed by atoms with Gasteiger partial charge in [0.25, 0.3) is 0 Å². The third-order valence-corrected chi connectivity index (χ3v) is 15.2. The van der Waals surface area contributed by atoms with Crippen LogP contribution in [0.15, 0.2) is 0 Å². The van der Waals surface area contributed by atoms with E-state index in [-0.39, 0.29) is 72.4 Å². The minimum atomic E-state index is -1.64. The van der Waals surface area contributed by atoms with Gasteiger partial charge in [-0.25, -0.2) is 0 Å². The Balaban J connectivity index is 1.35.